The number of rotatable bonds is 6. The van der Waals surface area contributed by atoms with Gasteiger partial charge in [0.2, 0.25) is 5.91 Å². The molecule has 1 unspecified atom stereocenters. The number of ether oxygens (including phenoxy) is 1. The third-order valence-electron chi connectivity index (χ3n) is 5.20. The first kappa shape index (κ1) is 23.4. The molecular formula is C26H20ClN3O3S. The number of carbonyl (C=O) groups is 2. The van der Waals surface area contributed by atoms with Gasteiger partial charge in [0.05, 0.1) is 12.4 Å². The van der Waals surface area contributed by atoms with Gasteiger partial charge in [-0.25, -0.2) is 0 Å². The molecule has 2 amide bonds. The fourth-order valence-electron chi connectivity index (χ4n) is 3.50. The Hall–Kier alpha value is -3.73. The first-order valence-electron chi connectivity index (χ1n) is 10.4. The summed E-state index contributed by atoms with van der Waals surface area (Å²) in [6, 6.07) is 25.1. The van der Waals surface area contributed by atoms with Crippen LogP contribution in [0.2, 0.25) is 5.02 Å². The molecule has 1 heterocycles. The molecule has 8 heteroatoms. The van der Waals surface area contributed by atoms with Crippen LogP contribution >= 0.6 is 23.4 Å². The zero-order valence-corrected chi connectivity index (χ0v) is 19.8. The number of hydrogen-bond acceptors (Lipinski definition) is 5. The van der Waals surface area contributed by atoms with Crippen molar-refractivity contribution in [3.05, 3.63) is 100 Å². The lowest BCUT2D eigenvalue weighted by atomic mass is 10.1. The molecule has 6 nitrogen and oxygen atoms in total. The van der Waals surface area contributed by atoms with Crippen molar-refractivity contribution >= 4 is 46.6 Å². The van der Waals surface area contributed by atoms with E-state index in [0.717, 1.165) is 11.3 Å². The molecule has 0 bridgehead atoms. The van der Waals surface area contributed by atoms with Crippen LogP contribution < -0.4 is 15.0 Å². The van der Waals surface area contributed by atoms with Crippen molar-refractivity contribution in [3.8, 4) is 11.8 Å². The molecule has 3 aromatic rings. The van der Waals surface area contributed by atoms with Crippen LogP contribution in [-0.2, 0) is 16.0 Å². The zero-order valence-electron chi connectivity index (χ0n) is 18.2. The van der Waals surface area contributed by atoms with Gasteiger partial charge in [-0.3, -0.25) is 14.5 Å². The number of methoxy groups -OCH3 is 1. The van der Waals surface area contributed by atoms with E-state index in [0.29, 0.717) is 27.8 Å². The molecule has 0 saturated carbocycles. The van der Waals surface area contributed by atoms with Gasteiger partial charge < -0.3 is 10.1 Å². The van der Waals surface area contributed by atoms with E-state index in [4.69, 9.17) is 16.3 Å². The van der Waals surface area contributed by atoms with Crippen LogP contribution in [-0.4, -0.2) is 24.2 Å². The maximum atomic E-state index is 13.5. The molecule has 34 heavy (non-hydrogen) atoms. The standard InChI is InChI=1S/C26H20ClN3O3S/c1-33-21-13-7-17(8-14-21)15-23-25(32)30(20-5-3-2-4-6-20)26(34-23)22(16-28)24(31)29-19-11-9-18(27)10-12-19/h2-14,23H,15H2,1H3,(H,29,31)/b26-22-. The van der Waals surface area contributed by atoms with Crippen molar-refractivity contribution in [3.63, 3.8) is 0 Å². The molecule has 1 saturated heterocycles. The van der Waals surface area contributed by atoms with Crippen LogP contribution in [0.1, 0.15) is 5.56 Å². The van der Waals surface area contributed by atoms with Crippen molar-refractivity contribution < 1.29 is 14.3 Å². The average Bonchev–Trinajstić information content (AvgIpc) is 3.17. The van der Waals surface area contributed by atoms with Gasteiger partial charge in [0, 0.05) is 16.4 Å². The lowest BCUT2D eigenvalue weighted by Crippen LogP contribution is -2.30. The van der Waals surface area contributed by atoms with Crippen LogP contribution in [0.3, 0.4) is 0 Å². The molecule has 4 rings (SSSR count). The highest BCUT2D eigenvalue weighted by atomic mass is 35.5. The summed E-state index contributed by atoms with van der Waals surface area (Å²) in [5.74, 6) is -0.0495. The number of anilines is 2. The lowest BCUT2D eigenvalue weighted by Gasteiger charge is -2.18. The van der Waals surface area contributed by atoms with E-state index < -0.39 is 11.2 Å². The van der Waals surface area contributed by atoms with Gasteiger partial charge in [-0.1, -0.05) is 53.7 Å². The second kappa shape index (κ2) is 10.5. The molecule has 0 radical (unpaired) electrons. The molecule has 1 N–H and O–H groups in total. The van der Waals surface area contributed by atoms with Crippen molar-refractivity contribution in [2.45, 2.75) is 11.7 Å². The van der Waals surface area contributed by atoms with Gasteiger partial charge in [-0.15, -0.1) is 0 Å². The van der Waals surface area contributed by atoms with E-state index in [-0.39, 0.29) is 11.5 Å². The van der Waals surface area contributed by atoms with Crippen molar-refractivity contribution in [1.29, 1.82) is 5.26 Å². The number of hydrogen-bond donors (Lipinski definition) is 1. The molecule has 0 aliphatic carbocycles. The number of nitrogens with zero attached hydrogens (tertiary/aromatic N) is 2. The third kappa shape index (κ3) is 5.09. The number of nitrogens with one attached hydrogen (secondary N) is 1. The SMILES string of the molecule is COc1ccc(CC2S/C(=C(/C#N)C(=O)Nc3ccc(Cl)cc3)N(c3ccccc3)C2=O)cc1. The Morgan fingerprint density at radius 3 is 2.38 bits per heavy atom. The summed E-state index contributed by atoms with van der Waals surface area (Å²) in [5.41, 5.74) is 1.91. The highest BCUT2D eigenvalue weighted by Crippen LogP contribution is 2.42. The second-order valence-electron chi connectivity index (χ2n) is 7.42. The van der Waals surface area contributed by atoms with Gasteiger partial charge in [-0.05, 0) is 60.5 Å². The Kier molecular flexibility index (Phi) is 7.21. The number of carbonyl (C=O) groups excluding carboxylic acids is 2. The Labute approximate surface area is 206 Å². The summed E-state index contributed by atoms with van der Waals surface area (Å²) in [5, 5.41) is 13.0. The van der Waals surface area contributed by atoms with Gasteiger partial charge >= 0.3 is 0 Å². The molecule has 1 fully saturated rings. The minimum absolute atomic E-state index is 0.130. The largest absolute Gasteiger partial charge is 0.497 e. The van der Waals surface area contributed by atoms with Crippen LogP contribution in [0.4, 0.5) is 11.4 Å². The monoisotopic (exact) mass is 489 g/mol. The Morgan fingerprint density at radius 1 is 1.09 bits per heavy atom. The lowest BCUT2D eigenvalue weighted by molar-refractivity contribution is -0.117. The first-order chi connectivity index (χ1) is 16.5. The summed E-state index contributed by atoms with van der Waals surface area (Å²) in [6.45, 7) is 0. The van der Waals surface area contributed by atoms with Crippen molar-refractivity contribution in [2.75, 3.05) is 17.3 Å². The molecule has 0 spiro atoms. The summed E-state index contributed by atoms with van der Waals surface area (Å²) in [6.07, 6.45) is 0.442. The van der Waals surface area contributed by atoms with E-state index in [2.05, 4.69) is 5.32 Å². The normalized spacial score (nSPS) is 16.7. The van der Waals surface area contributed by atoms with Gasteiger partial charge in [0.25, 0.3) is 5.91 Å². The molecular weight excluding hydrogens is 470 g/mol. The summed E-state index contributed by atoms with van der Waals surface area (Å²) < 4.78 is 5.20. The fraction of sp³-hybridized carbons (Fsp3) is 0.115. The molecule has 3 aromatic carbocycles. The quantitative estimate of drug-likeness (QED) is 0.369. The predicted molar refractivity (Wildman–Crippen MR) is 135 cm³/mol. The van der Waals surface area contributed by atoms with E-state index in [9.17, 15) is 14.9 Å². The van der Waals surface area contributed by atoms with Crippen molar-refractivity contribution in [2.24, 2.45) is 0 Å². The highest BCUT2D eigenvalue weighted by Gasteiger charge is 2.40. The summed E-state index contributed by atoms with van der Waals surface area (Å²) >= 11 is 7.14. The van der Waals surface area contributed by atoms with E-state index in [1.807, 2.05) is 48.5 Å². The van der Waals surface area contributed by atoms with Crippen LogP contribution in [0, 0.1) is 11.3 Å². The maximum absolute atomic E-state index is 13.5. The number of halogens is 1. The predicted octanol–water partition coefficient (Wildman–Crippen LogP) is 5.41. The van der Waals surface area contributed by atoms with E-state index in [1.54, 1.807) is 43.5 Å². The van der Waals surface area contributed by atoms with Crippen LogP contribution in [0.25, 0.3) is 0 Å². The minimum Gasteiger partial charge on any atom is -0.497 e. The number of nitriles is 1. The number of benzene rings is 3. The number of para-hydroxylation sites is 1. The minimum atomic E-state index is -0.592. The Balaban J connectivity index is 1.68. The molecule has 0 aromatic heterocycles. The van der Waals surface area contributed by atoms with Gasteiger partial charge in [0.1, 0.15) is 22.4 Å². The third-order valence-corrected chi connectivity index (χ3v) is 6.72. The van der Waals surface area contributed by atoms with Crippen LogP contribution in [0.15, 0.2) is 89.5 Å². The first-order valence-corrected chi connectivity index (χ1v) is 11.7. The topological polar surface area (TPSA) is 82.4 Å². The highest BCUT2D eigenvalue weighted by molar-refractivity contribution is 8.05. The zero-order chi connectivity index (χ0) is 24.1. The summed E-state index contributed by atoms with van der Waals surface area (Å²) in [7, 11) is 1.60. The maximum Gasteiger partial charge on any atom is 0.269 e. The second-order valence-corrected chi connectivity index (χ2v) is 9.05. The van der Waals surface area contributed by atoms with E-state index >= 15 is 0 Å². The number of thioether (sulfide) groups is 1. The Morgan fingerprint density at radius 2 is 1.76 bits per heavy atom. The van der Waals surface area contributed by atoms with Gasteiger partial charge in [-0.2, -0.15) is 5.26 Å². The smallest absolute Gasteiger partial charge is 0.269 e. The molecule has 1 aliphatic rings. The van der Waals surface area contributed by atoms with Gasteiger partial charge in [0.15, 0.2) is 0 Å². The van der Waals surface area contributed by atoms with Crippen LogP contribution in [0.5, 0.6) is 5.75 Å². The molecule has 1 atom stereocenters. The Bertz CT molecular complexity index is 1270. The average molecular weight is 490 g/mol. The van der Waals surface area contributed by atoms with Crippen molar-refractivity contribution in [1.82, 2.24) is 0 Å². The molecule has 1 aliphatic heterocycles. The fourth-order valence-corrected chi connectivity index (χ4v) is 4.94. The van der Waals surface area contributed by atoms with E-state index in [1.165, 1.54) is 16.7 Å². The summed E-state index contributed by atoms with van der Waals surface area (Å²) in [4.78, 5) is 28.0. The molecule has 170 valence electrons. The number of amides is 2.